The van der Waals surface area contributed by atoms with Crippen LogP contribution in [0.25, 0.3) is 0 Å². The third-order valence-corrected chi connectivity index (χ3v) is 4.51. The van der Waals surface area contributed by atoms with Crippen molar-refractivity contribution in [2.24, 2.45) is 5.92 Å². The van der Waals surface area contributed by atoms with Gasteiger partial charge in [0, 0.05) is 9.37 Å². The first-order valence-corrected chi connectivity index (χ1v) is 7.76. The van der Waals surface area contributed by atoms with E-state index < -0.39 is 5.54 Å². The van der Waals surface area contributed by atoms with Gasteiger partial charge in [-0.1, -0.05) is 29.8 Å². The van der Waals surface area contributed by atoms with Gasteiger partial charge in [0.05, 0.1) is 11.8 Å². The highest BCUT2D eigenvalue weighted by Gasteiger charge is 2.29. The first-order valence-electron chi connectivity index (χ1n) is 5.98. The summed E-state index contributed by atoms with van der Waals surface area (Å²) in [6, 6.07) is 9.95. The Balaban J connectivity index is 2.53. The Morgan fingerprint density at radius 2 is 2.05 bits per heavy atom. The molecular formula is C14H17BrN2OS. The first-order chi connectivity index (χ1) is 8.87. The number of nitrogens with one attached hydrogen (secondary N) is 1. The molecule has 1 N–H and O–H groups in total. The molecule has 3 nitrogen and oxygen atoms in total. The minimum atomic E-state index is -0.808. The number of nitriles is 1. The molecule has 0 aliphatic heterocycles. The van der Waals surface area contributed by atoms with Gasteiger partial charge in [-0.15, -0.1) is 11.8 Å². The van der Waals surface area contributed by atoms with Gasteiger partial charge < -0.3 is 5.32 Å². The molecule has 1 rings (SSSR count). The normalized spacial score (nSPS) is 13.7. The lowest BCUT2D eigenvalue weighted by Gasteiger charge is -2.27. The standard InChI is InChI=1S/C14H17BrN2OS/c1-10(2)14(3,9-16)17-13(18)8-19-12-6-4-11(15)5-7-12/h4-7,10H,8H2,1-3H3,(H,17,18)/t14-/m1/s1. The van der Waals surface area contributed by atoms with Gasteiger partial charge in [0.2, 0.25) is 5.91 Å². The van der Waals surface area contributed by atoms with Gasteiger partial charge in [-0.25, -0.2) is 0 Å². The molecule has 0 unspecified atom stereocenters. The lowest BCUT2D eigenvalue weighted by Crippen LogP contribution is -2.49. The first kappa shape index (κ1) is 16.1. The molecule has 0 bridgehead atoms. The molecule has 0 fully saturated rings. The zero-order valence-corrected chi connectivity index (χ0v) is 13.6. The molecule has 19 heavy (non-hydrogen) atoms. The van der Waals surface area contributed by atoms with Crippen molar-refractivity contribution in [2.75, 3.05) is 5.75 Å². The molecule has 1 amide bonds. The molecule has 0 saturated carbocycles. The van der Waals surface area contributed by atoms with E-state index in [1.165, 1.54) is 11.8 Å². The Hall–Kier alpha value is -0.990. The summed E-state index contributed by atoms with van der Waals surface area (Å²) in [5.41, 5.74) is -0.808. The van der Waals surface area contributed by atoms with Crippen LogP contribution in [0.4, 0.5) is 0 Å². The molecule has 0 aliphatic rings. The van der Waals surface area contributed by atoms with Crippen LogP contribution < -0.4 is 5.32 Å². The quantitative estimate of drug-likeness (QED) is 0.833. The van der Waals surface area contributed by atoms with Crippen molar-refractivity contribution in [3.63, 3.8) is 0 Å². The maximum Gasteiger partial charge on any atom is 0.231 e. The Kier molecular flexibility index (Phi) is 5.89. The highest BCUT2D eigenvalue weighted by Crippen LogP contribution is 2.21. The summed E-state index contributed by atoms with van der Waals surface area (Å²) in [6.07, 6.45) is 0. The van der Waals surface area contributed by atoms with Crippen molar-refractivity contribution in [1.29, 1.82) is 5.26 Å². The monoisotopic (exact) mass is 340 g/mol. The Morgan fingerprint density at radius 1 is 1.47 bits per heavy atom. The summed E-state index contributed by atoms with van der Waals surface area (Å²) in [6.45, 7) is 5.59. The summed E-state index contributed by atoms with van der Waals surface area (Å²) >= 11 is 4.82. The van der Waals surface area contributed by atoms with E-state index in [0.29, 0.717) is 5.75 Å². The smallest absolute Gasteiger partial charge is 0.231 e. The summed E-state index contributed by atoms with van der Waals surface area (Å²) in [7, 11) is 0. The number of rotatable bonds is 5. The molecule has 1 aromatic rings. The van der Waals surface area contributed by atoms with E-state index in [0.717, 1.165) is 9.37 Å². The minimum absolute atomic E-state index is 0.0686. The second-order valence-electron chi connectivity index (χ2n) is 4.76. The number of nitrogens with zero attached hydrogens (tertiary/aromatic N) is 1. The largest absolute Gasteiger partial charge is 0.337 e. The highest BCUT2D eigenvalue weighted by molar-refractivity contribution is 9.10. The fourth-order valence-electron chi connectivity index (χ4n) is 1.31. The molecule has 5 heteroatoms. The molecule has 1 atom stereocenters. The van der Waals surface area contributed by atoms with E-state index in [-0.39, 0.29) is 11.8 Å². The number of benzene rings is 1. The third-order valence-electron chi connectivity index (χ3n) is 2.97. The van der Waals surface area contributed by atoms with Crippen LogP contribution in [0, 0.1) is 17.2 Å². The molecule has 0 saturated heterocycles. The molecular weight excluding hydrogens is 324 g/mol. The summed E-state index contributed by atoms with van der Waals surface area (Å²) < 4.78 is 1.01. The Labute approximate surface area is 126 Å². The van der Waals surface area contributed by atoms with Crippen LogP contribution in [-0.2, 0) is 4.79 Å². The van der Waals surface area contributed by atoms with Crippen LogP contribution >= 0.6 is 27.7 Å². The van der Waals surface area contributed by atoms with E-state index in [1.54, 1.807) is 6.92 Å². The predicted octanol–water partition coefficient (Wildman–Crippen LogP) is 3.60. The van der Waals surface area contributed by atoms with Crippen molar-refractivity contribution in [3.05, 3.63) is 28.7 Å². The maximum absolute atomic E-state index is 11.9. The van der Waals surface area contributed by atoms with E-state index in [1.807, 2.05) is 38.1 Å². The fourth-order valence-corrected chi connectivity index (χ4v) is 2.27. The van der Waals surface area contributed by atoms with Gasteiger partial charge in [-0.2, -0.15) is 5.26 Å². The number of hydrogen-bond donors (Lipinski definition) is 1. The van der Waals surface area contributed by atoms with Crippen LogP contribution in [-0.4, -0.2) is 17.2 Å². The number of halogens is 1. The third kappa shape index (κ3) is 4.88. The predicted molar refractivity (Wildman–Crippen MR) is 81.9 cm³/mol. The molecule has 0 aliphatic carbocycles. The van der Waals surface area contributed by atoms with Crippen molar-refractivity contribution in [1.82, 2.24) is 5.32 Å². The zero-order chi connectivity index (χ0) is 14.5. The summed E-state index contributed by atoms with van der Waals surface area (Å²) in [4.78, 5) is 12.9. The highest BCUT2D eigenvalue weighted by atomic mass is 79.9. The lowest BCUT2D eigenvalue weighted by atomic mass is 9.90. The summed E-state index contributed by atoms with van der Waals surface area (Å²) in [5.74, 6) is 0.260. The number of carbonyl (C=O) groups excluding carboxylic acids is 1. The van der Waals surface area contributed by atoms with Crippen LogP contribution in [0.5, 0.6) is 0 Å². The van der Waals surface area contributed by atoms with Crippen molar-refractivity contribution in [2.45, 2.75) is 31.2 Å². The molecule has 1 aromatic carbocycles. The van der Waals surface area contributed by atoms with Crippen LogP contribution in [0.2, 0.25) is 0 Å². The average molecular weight is 341 g/mol. The molecule has 0 heterocycles. The van der Waals surface area contributed by atoms with Gasteiger partial charge in [-0.05, 0) is 37.1 Å². The minimum Gasteiger partial charge on any atom is -0.337 e. The topological polar surface area (TPSA) is 52.9 Å². The SMILES string of the molecule is CC(C)[C@@](C)(C#N)NC(=O)CSc1ccc(Br)cc1. The number of thioether (sulfide) groups is 1. The van der Waals surface area contributed by atoms with Crippen LogP contribution in [0.1, 0.15) is 20.8 Å². The maximum atomic E-state index is 11.9. The molecule has 102 valence electrons. The van der Waals surface area contributed by atoms with E-state index in [9.17, 15) is 4.79 Å². The molecule has 0 radical (unpaired) electrons. The fraction of sp³-hybridized carbons (Fsp3) is 0.429. The van der Waals surface area contributed by atoms with E-state index in [4.69, 9.17) is 5.26 Å². The van der Waals surface area contributed by atoms with Gasteiger partial charge in [0.1, 0.15) is 5.54 Å². The van der Waals surface area contributed by atoms with Crippen LogP contribution in [0.3, 0.4) is 0 Å². The van der Waals surface area contributed by atoms with Gasteiger partial charge in [0.25, 0.3) is 0 Å². The van der Waals surface area contributed by atoms with Gasteiger partial charge in [0.15, 0.2) is 0 Å². The lowest BCUT2D eigenvalue weighted by molar-refractivity contribution is -0.120. The average Bonchev–Trinajstić information content (AvgIpc) is 2.37. The molecule has 0 aromatic heterocycles. The van der Waals surface area contributed by atoms with Gasteiger partial charge in [-0.3, -0.25) is 4.79 Å². The summed E-state index contributed by atoms with van der Waals surface area (Å²) in [5, 5.41) is 11.9. The van der Waals surface area contributed by atoms with E-state index >= 15 is 0 Å². The second-order valence-corrected chi connectivity index (χ2v) is 6.72. The second kappa shape index (κ2) is 6.97. The number of carbonyl (C=O) groups is 1. The van der Waals surface area contributed by atoms with Crippen molar-refractivity contribution < 1.29 is 4.79 Å². The van der Waals surface area contributed by atoms with Gasteiger partial charge >= 0.3 is 0 Å². The Bertz CT molecular complexity index is 481. The van der Waals surface area contributed by atoms with Crippen molar-refractivity contribution in [3.8, 4) is 6.07 Å². The van der Waals surface area contributed by atoms with Crippen molar-refractivity contribution >= 4 is 33.6 Å². The number of hydrogen-bond acceptors (Lipinski definition) is 3. The number of amides is 1. The zero-order valence-electron chi connectivity index (χ0n) is 11.2. The van der Waals surface area contributed by atoms with E-state index in [2.05, 4.69) is 27.3 Å². The molecule has 0 spiro atoms. The Morgan fingerprint density at radius 3 is 2.53 bits per heavy atom. The van der Waals surface area contributed by atoms with Crippen LogP contribution in [0.15, 0.2) is 33.6 Å².